The Kier molecular flexibility index (Phi) is 7.50. The molecule has 2 rings (SSSR count). The summed E-state index contributed by atoms with van der Waals surface area (Å²) in [7, 11) is 2.94. The molecule has 0 fully saturated rings. The van der Waals surface area contributed by atoms with Crippen LogP contribution >= 0.6 is 0 Å². The number of methoxy groups -OCH3 is 1. The van der Waals surface area contributed by atoms with Gasteiger partial charge in [0.15, 0.2) is 6.61 Å². The van der Waals surface area contributed by atoms with E-state index in [0.717, 1.165) is 4.90 Å². The molecule has 0 unspecified atom stereocenters. The molecule has 1 N–H and O–H groups in total. The fraction of sp³-hybridized carbons (Fsp3) is 0.250. The third kappa shape index (κ3) is 6.71. The van der Waals surface area contributed by atoms with Crippen LogP contribution in [-0.2, 0) is 25.5 Å². The van der Waals surface area contributed by atoms with Gasteiger partial charge in [-0.25, -0.2) is 4.39 Å². The van der Waals surface area contributed by atoms with Crippen LogP contribution in [0.3, 0.4) is 0 Å². The van der Waals surface area contributed by atoms with Crippen LogP contribution in [0, 0.1) is 5.82 Å². The number of nitrogens with zero attached hydrogens (tertiary/aromatic N) is 1. The van der Waals surface area contributed by atoms with E-state index < -0.39 is 30.2 Å². The largest absolute Gasteiger partial charge is 0.497 e. The standard InChI is InChI=1S/C20H21FN2O5/c1-23(12-18(24)22-16-7-4-8-17(11-16)27-2)19(25)13-28-20(26)10-14-5-3-6-15(21)9-14/h3-9,11H,10,12-13H2,1-2H3,(H,22,24). The molecule has 0 aromatic heterocycles. The number of carbonyl (C=O) groups is 3. The highest BCUT2D eigenvalue weighted by atomic mass is 19.1. The van der Waals surface area contributed by atoms with Crippen LogP contribution in [0.5, 0.6) is 5.75 Å². The molecule has 2 aromatic carbocycles. The molecule has 0 aliphatic heterocycles. The average molecular weight is 388 g/mol. The minimum absolute atomic E-state index is 0.148. The number of hydrogen-bond acceptors (Lipinski definition) is 5. The lowest BCUT2D eigenvalue weighted by molar-refractivity contribution is -0.151. The lowest BCUT2D eigenvalue weighted by atomic mass is 10.1. The number of anilines is 1. The number of ether oxygens (including phenoxy) is 2. The summed E-state index contributed by atoms with van der Waals surface area (Å²) in [5, 5.41) is 2.65. The van der Waals surface area contributed by atoms with E-state index in [9.17, 15) is 18.8 Å². The molecule has 0 radical (unpaired) electrons. The predicted molar refractivity (Wildman–Crippen MR) is 100 cm³/mol. The predicted octanol–water partition coefficient (Wildman–Crippen LogP) is 2.02. The lowest BCUT2D eigenvalue weighted by Gasteiger charge is -2.17. The number of esters is 1. The van der Waals surface area contributed by atoms with Crippen molar-refractivity contribution in [2.24, 2.45) is 0 Å². The highest BCUT2D eigenvalue weighted by Gasteiger charge is 2.16. The smallest absolute Gasteiger partial charge is 0.310 e. The zero-order valence-corrected chi connectivity index (χ0v) is 15.6. The molecule has 0 saturated carbocycles. The number of amides is 2. The Balaban J connectivity index is 1.76. The first-order valence-corrected chi connectivity index (χ1v) is 8.45. The quantitative estimate of drug-likeness (QED) is 0.700. The number of benzene rings is 2. The first-order chi connectivity index (χ1) is 13.4. The third-order valence-corrected chi connectivity index (χ3v) is 3.75. The van der Waals surface area contributed by atoms with Gasteiger partial charge in [0.25, 0.3) is 5.91 Å². The Hall–Kier alpha value is -3.42. The Morgan fingerprint density at radius 3 is 2.57 bits per heavy atom. The average Bonchev–Trinajstić information content (AvgIpc) is 2.66. The van der Waals surface area contributed by atoms with Gasteiger partial charge in [0, 0.05) is 18.8 Å². The zero-order chi connectivity index (χ0) is 20.5. The first kappa shape index (κ1) is 20.9. The van der Waals surface area contributed by atoms with Crippen LogP contribution in [0.1, 0.15) is 5.56 Å². The van der Waals surface area contributed by atoms with E-state index in [1.807, 2.05) is 0 Å². The van der Waals surface area contributed by atoms with Gasteiger partial charge in [-0.3, -0.25) is 14.4 Å². The van der Waals surface area contributed by atoms with E-state index in [1.165, 1.54) is 32.4 Å². The van der Waals surface area contributed by atoms with Gasteiger partial charge in [-0.05, 0) is 29.8 Å². The summed E-state index contributed by atoms with van der Waals surface area (Å²) in [4.78, 5) is 37.0. The van der Waals surface area contributed by atoms with Crippen LogP contribution in [0.15, 0.2) is 48.5 Å². The Morgan fingerprint density at radius 1 is 1.11 bits per heavy atom. The van der Waals surface area contributed by atoms with Crippen molar-refractivity contribution in [2.75, 3.05) is 32.6 Å². The summed E-state index contributed by atoms with van der Waals surface area (Å²) in [6, 6.07) is 12.4. The van der Waals surface area contributed by atoms with Crippen LogP contribution in [-0.4, -0.2) is 50.0 Å². The van der Waals surface area contributed by atoms with Gasteiger partial charge in [0.2, 0.25) is 5.91 Å². The molecule has 148 valence electrons. The van der Waals surface area contributed by atoms with Crippen molar-refractivity contribution in [2.45, 2.75) is 6.42 Å². The van der Waals surface area contributed by atoms with Crippen molar-refractivity contribution >= 4 is 23.5 Å². The SMILES string of the molecule is COc1cccc(NC(=O)CN(C)C(=O)COC(=O)Cc2cccc(F)c2)c1. The summed E-state index contributed by atoms with van der Waals surface area (Å²) < 4.78 is 23.1. The molecule has 2 aromatic rings. The molecule has 0 spiro atoms. The molecule has 0 atom stereocenters. The minimum atomic E-state index is -0.659. The van der Waals surface area contributed by atoms with Crippen molar-refractivity contribution in [1.29, 1.82) is 0 Å². The lowest BCUT2D eigenvalue weighted by Crippen LogP contribution is -2.37. The van der Waals surface area contributed by atoms with Gasteiger partial charge in [-0.15, -0.1) is 0 Å². The molecule has 0 bridgehead atoms. The summed E-state index contributed by atoms with van der Waals surface area (Å²) >= 11 is 0. The highest BCUT2D eigenvalue weighted by Crippen LogP contribution is 2.16. The third-order valence-electron chi connectivity index (χ3n) is 3.75. The monoisotopic (exact) mass is 388 g/mol. The van der Waals surface area contributed by atoms with Gasteiger partial charge in [-0.2, -0.15) is 0 Å². The van der Waals surface area contributed by atoms with Crippen molar-refractivity contribution in [3.05, 3.63) is 59.9 Å². The minimum Gasteiger partial charge on any atom is -0.497 e. The molecule has 8 heteroatoms. The van der Waals surface area contributed by atoms with Gasteiger partial charge >= 0.3 is 5.97 Å². The van der Waals surface area contributed by atoms with E-state index in [0.29, 0.717) is 17.0 Å². The molecule has 0 saturated heterocycles. The highest BCUT2D eigenvalue weighted by molar-refractivity contribution is 5.95. The van der Waals surface area contributed by atoms with Crippen LogP contribution in [0.2, 0.25) is 0 Å². The zero-order valence-electron chi connectivity index (χ0n) is 15.6. The number of nitrogens with one attached hydrogen (secondary N) is 1. The maximum Gasteiger partial charge on any atom is 0.310 e. The number of hydrogen-bond donors (Lipinski definition) is 1. The molecule has 28 heavy (non-hydrogen) atoms. The van der Waals surface area contributed by atoms with E-state index in [-0.39, 0.29) is 13.0 Å². The molecule has 2 amide bonds. The number of halogens is 1. The second-order valence-corrected chi connectivity index (χ2v) is 6.00. The van der Waals surface area contributed by atoms with Gasteiger partial charge in [-0.1, -0.05) is 18.2 Å². The number of likely N-dealkylation sites (N-methyl/N-ethyl adjacent to an activating group) is 1. The van der Waals surface area contributed by atoms with E-state index >= 15 is 0 Å². The van der Waals surface area contributed by atoms with Gasteiger partial charge in [0.1, 0.15) is 11.6 Å². The fourth-order valence-corrected chi connectivity index (χ4v) is 2.32. The van der Waals surface area contributed by atoms with Crippen molar-refractivity contribution in [3.63, 3.8) is 0 Å². The Morgan fingerprint density at radius 2 is 1.86 bits per heavy atom. The van der Waals surface area contributed by atoms with Gasteiger partial charge < -0.3 is 19.7 Å². The Labute approximate surface area is 162 Å². The maximum absolute atomic E-state index is 13.1. The summed E-state index contributed by atoms with van der Waals surface area (Å²) in [6.45, 7) is -0.714. The summed E-state index contributed by atoms with van der Waals surface area (Å²) in [5.74, 6) is -1.47. The molecular formula is C20H21FN2O5. The van der Waals surface area contributed by atoms with E-state index in [1.54, 1.807) is 30.3 Å². The van der Waals surface area contributed by atoms with Crippen LogP contribution < -0.4 is 10.1 Å². The van der Waals surface area contributed by atoms with Gasteiger partial charge in [0.05, 0.1) is 20.1 Å². The van der Waals surface area contributed by atoms with Crippen LogP contribution in [0.25, 0.3) is 0 Å². The molecule has 0 heterocycles. The second kappa shape index (κ2) is 10.1. The summed E-state index contributed by atoms with van der Waals surface area (Å²) in [6.07, 6.45) is -0.148. The van der Waals surface area contributed by atoms with Crippen LogP contribution in [0.4, 0.5) is 10.1 Å². The van der Waals surface area contributed by atoms with Crippen molar-refractivity contribution in [1.82, 2.24) is 4.90 Å². The normalized spacial score (nSPS) is 10.1. The molecule has 0 aliphatic rings. The topological polar surface area (TPSA) is 84.9 Å². The number of rotatable bonds is 8. The first-order valence-electron chi connectivity index (χ1n) is 8.45. The maximum atomic E-state index is 13.1. The molecule has 7 nitrogen and oxygen atoms in total. The fourth-order valence-electron chi connectivity index (χ4n) is 2.32. The molecular weight excluding hydrogens is 367 g/mol. The number of carbonyl (C=O) groups excluding carboxylic acids is 3. The van der Waals surface area contributed by atoms with Crippen molar-refractivity contribution < 1.29 is 28.2 Å². The Bertz CT molecular complexity index is 856. The summed E-state index contributed by atoms with van der Waals surface area (Å²) in [5.41, 5.74) is 0.982. The van der Waals surface area contributed by atoms with E-state index in [2.05, 4.69) is 5.32 Å². The second-order valence-electron chi connectivity index (χ2n) is 6.00. The van der Waals surface area contributed by atoms with Crippen molar-refractivity contribution in [3.8, 4) is 5.75 Å². The molecule has 0 aliphatic carbocycles. The van der Waals surface area contributed by atoms with E-state index in [4.69, 9.17) is 9.47 Å².